The maximum absolute atomic E-state index is 10.3. The minimum absolute atomic E-state index is 0.226. The first-order valence-electron chi connectivity index (χ1n) is 1.88. The monoisotopic (exact) mass is 190 g/mol. The molecule has 0 aromatic heterocycles. The molecular formula is C2H6O4S3. The normalized spacial score (nSPS) is 11.8. The first-order valence-corrected chi connectivity index (χ1v) is 4.47. The van der Waals surface area contributed by atoms with Crippen molar-refractivity contribution in [1.29, 1.82) is 0 Å². The second-order valence-electron chi connectivity index (χ2n) is 0.902. The minimum Gasteiger partial charge on any atom is -0.237 e. The van der Waals surface area contributed by atoms with Crippen molar-refractivity contribution in [1.82, 2.24) is 0 Å². The SMILES string of the molecule is O=S(=O)(OCS)OCS. The second-order valence-corrected chi connectivity index (χ2v) is 2.71. The van der Waals surface area contributed by atoms with Crippen LogP contribution in [-0.4, -0.2) is 20.3 Å². The van der Waals surface area contributed by atoms with Crippen molar-refractivity contribution in [3.63, 3.8) is 0 Å². The smallest absolute Gasteiger partial charge is 0.237 e. The number of hydrogen-bond acceptors (Lipinski definition) is 6. The van der Waals surface area contributed by atoms with Gasteiger partial charge in [0.25, 0.3) is 0 Å². The summed E-state index contributed by atoms with van der Waals surface area (Å²) in [5, 5.41) is 0. The summed E-state index contributed by atoms with van der Waals surface area (Å²) in [6.45, 7) is 0. The Morgan fingerprint density at radius 1 is 1.11 bits per heavy atom. The lowest BCUT2D eigenvalue weighted by atomic mass is 11.7. The predicted octanol–water partition coefficient (Wildman–Crippen LogP) is 0.0390. The van der Waals surface area contributed by atoms with Gasteiger partial charge in [0.15, 0.2) is 0 Å². The molecule has 56 valence electrons. The zero-order valence-corrected chi connectivity index (χ0v) is 6.96. The maximum Gasteiger partial charge on any atom is 0.401 e. The molecule has 0 unspecified atom stereocenters. The van der Waals surface area contributed by atoms with Crippen molar-refractivity contribution in [2.45, 2.75) is 0 Å². The van der Waals surface area contributed by atoms with E-state index >= 15 is 0 Å². The van der Waals surface area contributed by atoms with E-state index < -0.39 is 10.4 Å². The molecule has 0 saturated carbocycles. The van der Waals surface area contributed by atoms with Gasteiger partial charge in [-0.15, -0.1) is 25.3 Å². The highest BCUT2D eigenvalue weighted by molar-refractivity contribution is 7.85. The van der Waals surface area contributed by atoms with Crippen molar-refractivity contribution in [3.05, 3.63) is 0 Å². The fourth-order valence-electron chi connectivity index (χ4n) is 0.163. The van der Waals surface area contributed by atoms with E-state index in [1.54, 1.807) is 0 Å². The summed E-state index contributed by atoms with van der Waals surface area (Å²) in [6, 6.07) is 0. The van der Waals surface area contributed by atoms with Gasteiger partial charge in [0.2, 0.25) is 0 Å². The van der Waals surface area contributed by atoms with Crippen LogP contribution in [0, 0.1) is 0 Å². The Labute approximate surface area is 64.7 Å². The van der Waals surface area contributed by atoms with Crippen LogP contribution in [0.1, 0.15) is 0 Å². The van der Waals surface area contributed by atoms with Gasteiger partial charge in [-0.1, -0.05) is 0 Å². The molecule has 0 radical (unpaired) electrons. The molecule has 0 aromatic rings. The Morgan fingerprint density at radius 3 is 1.67 bits per heavy atom. The Balaban J connectivity index is 3.73. The quantitative estimate of drug-likeness (QED) is 0.485. The molecule has 0 rings (SSSR count). The van der Waals surface area contributed by atoms with Crippen LogP contribution in [0.15, 0.2) is 0 Å². The third-order valence-electron chi connectivity index (χ3n) is 0.394. The number of hydrogen-bond donors (Lipinski definition) is 2. The minimum atomic E-state index is -3.83. The number of thiol groups is 2. The highest BCUT2D eigenvalue weighted by atomic mass is 32.3. The summed E-state index contributed by atoms with van der Waals surface area (Å²) < 4.78 is 28.6. The number of rotatable bonds is 4. The van der Waals surface area contributed by atoms with Crippen LogP contribution in [-0.2, 0) is 18.8 Å². The van der Waals surface area contributed by atoms with E-state index in [9.17, 15) is 8.42 Å². The zero-order chi connectivity index (χ0) is 7.33. The van der Waals surface area contributed by atoms with Crippen LogP contribution >= 0.6 is 25.3 Å². The van der Waals surface area contributed by atoms with Gasteiger partial charge in [0.05, 0.1) is 0 Å². The lowest BCUT2D eigenvalue weighted by Crippen LogP contribution is -2.07. The van der Waals surface area contributed by atoms with E-state index in [0.29, 0.717) is 0 Å². The second kappa shape index (κ2) is 4.40. The van der Waals surface area contributed by atoms with Gasteiger partial charge >= 0.3 is 10.4 Å². The molecule has 0 N–H and O–H groups in total. The molecule has 0 aliphatic heterocycles. The molecule has 0 amide bonds. The van der Waals surface area contributed by atoms with Crippen molar-refractivity contribution in [2.24, 2.45) is 0 Å². The molecule has 0 aliphatic rings. The largest absolute Gasteiger partial charge is 0.401 e. The summed E-state index contributed by atoms with van der Waals surface area (Å²) in [5.41, 5.74) is 0. The fourth-order valence-corrected chi connectivity index (χ4v) is 1.26. The van der Waals surface area contributed by atoms with Gasteiger partial charge in [0, 0.05) is 0 Å². The van der Waals surface area contributed by atoms with Crippen LogP contribution in [0.25, 0.3) is 0 Å². The molecule has 0 spiro atoms. The van der Waals surface area contributed by atoms with Crippen molar-refractivity contribution >= 4 is 35.7 Å². The highest BCUT2D eigenvalue weighted by Crippen LogP contribution is 1.96. The van der Waals surface area contributed by atoms with Gasteiger partial charge < -0.3 is 0 Å². The average molecular weight is 190 g/mol. The van der Waals surface area contributed by atoms with Gasteiger partial charge in [-0.3, -0.25) is 0 Å². The molecule has 0 heterocycles. The van der Waals surface area contributed by atoms with Crippen molar-refractivity contribution in [2.75, 3.05) is 11.9 Å². The molecule has 0 aromatic carbocycles. The third kappa shape index (κ3) is 5.04. The molecular weight excluding hydrogens is 184 g/mol. The van der Waals surface area contributed by atoms with Gasteiger partial charge in [-0.05, 0) is 0 Å². The van der Waals surface area contributed by atoms with Gasteiger partial charge in [-0.25, -0.2) is 8.37 Å². The lowest BCUT2D eigenvalue weighted by molar-refractivity contribution is 0.271. The Morgan fingerprint density at radius 2 is 1.44 bits per heavy atom. The molecule has 4 nitrogen and oxygen atoms in total. The van der Waals surface area contributed by atoms with E-state index in [0.717, 1.165) is 0 Å². The standard InChI is InChI=1S/C2H6O4S3/c3-9(4,5-1-7)6-2-8/h7-8H,1-2H2. The average Bonchev–Trinajstić information content (AvgIpc) is 1.64. The van der Waals surface area contributed by atoms with E-state index in [1.165, 1.54) is 0 Å². The fraction of sp³-hybridized carbons (Fsp3) is 1.00. The zero-order valence-electron chi connectivity index (χ0n) is 4.35. The van der Waals surface area contributed by atoms with Crippen molar-refractivity contribution < 1.29 is 16.8 Å². The maximum atomic E-state index is 10.3. The van der Waals surface area contributed by atoms with E-state index in [1.807, 2.05) is 0 Å². The predicted molar refractivity (Wildman–Crippen MR) is 38.8 cm³/mol. The van der Waals surface area contributed by atoms with E-state index in [4.69, 9.17) is 0 Å². The van der Waals surface area contributed by atoms with Crippen molar-refractivity contribution in [3.8, 4) is 0 Å². The molecule has 0 fully saturated rings. The summed E-state index contributed by atoms with van der Waals surface area (Å²) in [6.07, 6.45) is 0. The van der Waals surface area contributed by atoms with Crippen LogP contribution < -0.4 is 0 Å². The molecule has 0 aliphatic carbocycles. The summed E-state index contributed by atoms with van der Waals surface area (Å²) in [5.74, 6) is -0.452. The first-order chi connectivity index (χ1) is 4.12. The van der Waals surface area contributed by atoms with Crippen LogP contribution in [0.3, 0.4) is 0 Å². The summed E-state index contributed by atoms with van der Waals surface area (Å²) >= 11 is 7.00. The molecule has 0 atom stereocenters. The van der Waals surface area contributed by atoms with E-state index in [2.05, 4.69) is 33.6 Å². The van der Waals surface area contributed by atoms with Crippen LogP contribution in [0.2, 0.25) is 0 Å². The molecule has 9 heavy (non-hydrogen) atoms. The highest BCUT2D eigenvalue weighted by Gasteiger charge is 2.07. The first kappa shape index (κ1) is 9.57. The van der Waals surface area contributed by atoms with Crippen LogP contribution in [0.4, 0.5) is 0 Å². The topological polar surface area (TPSA) is 52.6 Å². The van der Waals surface area contributed by atoms with Gasteiger partial charge in [0.1, 0.15) is 11.9 Å². The lowest BCUT2D eigenvalue weighted by Gasteiger charge is -1.98. The Kier molecular flexibility index (Phi) is 4.67. The van der Waals surface area contributed by atoms with Crippen LogP contribution in [0.5, 0.6) is 0 Å². The molecule has 0 bridgehead atoms. The third-order valence-corrected chi connectivity index (χ3v) is 1.81. The Bertz CT molecular complexity index is 137. The molecule has 7 heteroatoms. The van der Waals surface area contributed by atoms with E-state index in [-0.39, 0.29) is 11.9 Å². The summed E-state index contributed by atoms with van der Waals surface area (Å²) in [7, 11) is -3.83. The van der Waals surface area contributed by atoms with Gasteiger partial charge in [-0.2, -0.15) is 8.42 Å². The Hall–Kier alpha value is 0.570. The molecule has 0 saturated heterocycles. The summed E-state index contributed by atoms with van der Waals surface area (Å²) in [4.78, 5) is 0.